The maximum Gasteiger partial charge on any atom is 0.228 e. The lowest BCUT2D eigenvalue weighted by Crippen LogP contribution is -1.95. The van der Waals surface area contributed by atoms with Gasteiger partial charge in [-0.15, -0.1) is 11.3 Å². The summed E-state index contributed by atoms with van der Waals surface area (Å²) in [5, 5.41) is 2.03. The molecule has 2 heterocycles. The zero-order chi connectivity index (χ0) is 9.80. The van der Waals surface area contributed by atoms with E-state index in [-0.39, 0.29) is 0 Å². The van der Waals surface area contributed by atoms with Crippen molar-refractivity contribution < 1.29 is 4.74 Å². The number of pyridine rings is 1. The summed E-state index contributed by atoms with van der Waals surface area (Å²) in [6.07, 6.45) is 1.72. The summed E-state index contributed by atoms with van der Waals surface area (Å²) in [5.41, 5.74) is 0. The van der Waals surface area contributed by atoms with Crippen molar-refractivity contribution in [1.82, 2.24) is 4.98 Å². The van der Waals surface area contributed by atoms with Crippen LogP contribution in [0, 0.1) is 0 Å². The molecule has 2 nitrogen and oxygen atoms in total. The van der Waals surface area contributed by atoms with E-state index in [0.29, 0.717) is 12.5 Å². The molecule has 0 saturated carbocycles. The van der Waals surface area contributed by atoms with Crippen LogP contribution in [-0.2, 0) is 6.61 Å². The molecule has 2 aromatic rings. The molecular weight excluding hydrogens is 262 g/mol. The van der Waals surface area contributed by atoms with E-state index < -0.39 is 0 Å². The largest absolute Gasteiger partial charge is 0.471 e. The van der Waals surface area contributed by atoms with Gasteiger partial charge in [0, 0.05) is 11.1 Å². The molecule has 0 atom stereocenters. The Balaban J connectivity index is 2.02. The number of rotatable bonds is 3. The lowest BCUT2D eigenvalue weighted by molar-refractivity contribution is 0.295. The molecule has 0 N–H and O–H groups in total. The quantitative estimate of drug-likeness (QED) is 0.851. The molecule has 0 bridgehead atoms. The highest BCUT2D eigenvalue weighted by Crippen LogP contribution is 2.22. The molecule has 2 rings (SSSR count). The SMILES string of the molecule is Brc1cccnc1OCc1cccs1. The first-order valence-corrected chi connectivity index (χ1v) is 5.79. The van der Waals surface area contributed by atoms with Gasteiger partial charge in [-0.05, 0) is 39.5 Å². The lowest BCUT2D eigenvalue weighted by atomic mass is 10.5. The molecule has 0 saturated heterocycles. The Kier molecular flexibility index (Phi) is 3.16. The minimum Gasteiger partial charge on any atom is -0.471 e. The topological polar surface area (TPSA) is 22.1 Å². The molecule has 0 fully saturated rings. The normalized spacial score (nSPS) is 10.1. The molecule has 0 aromatic carbocycles. The zero-order valence-electron chi connectivity index (χ0n) is 7.31. The number of halogens is 1. The number of nitrogens with zero attached hydrogens (tertiary/aromatic N) is 1. The van der Waals surface area contributed by atoms with Gasteiger partial charge in [0.2, 0.25) is 5.88 Å². The van der Waals surface area contributed by atoms with Crippen molar-refractivity contribution >= 4 is 27.3 Å². The van der Waals surface area contributed by atoms with Crippen LogP contribution in [0.4, 0.5) is 0 Å². The molecule has 0 spiro atoms. The molecule has 14 heavy (non-hydrogen) atoms. The highest BCUT2D eigenvalue weighted by Gasteiger charge is 2.01. The van der Waals surface area contributed by atoms with Gasteiger partial charge in [-0.2, -0.15) is 0 Å². The summed E-state index contributed by atoms with van der Waals surface area (Å²) in [6.45, 7) is 0.577. The first-order valence-electron chi connectivity index (χ1n) is 4.12. The van der Waals surface area contributed by atoms with E-state index in [1.165, 1.54) is 4.88 Å². The third-order valence-electron chi connectivity index (χ3n) is 1.66. The molecule has 0 aliphatic carbocycles. The van der Waals surface area contributed by atoms with Crippen molar-refractivity contribution in [3.8, 4) is 5.88 Å². The van der Waals surface area contributed by atoms with Crippen LogP contribution >= 0.6 is 27.3 Å². The third-order valence-corrected chi connectivity index (χ3v) is 3.11. The average Bonchev–Trinajstić information content (AvgIpc) is 2.69. The van der Waals surface area contributed by atoms with Crippen LogP contribution in [0.5, 0.6) is 5.88 Å². The van der Waals surface area contributed by atoms with Crippen LogP contribution in [-0.4, -0.2) is 4.98 Å². The van der Waals surface area contributed by atoms with Crippen LogP contribution < -0.4 is 4.74 Å². The van der Waals surface area contributed by atoms with Crippen molar-refractivity contribution in [2.45, 2.75) is 6.61 Å². The van der Waals surface area contributed by atoms with Crippen molar-refractivity contribution in [3.63, 3.8) is 0 Å². The summed E-state index contributed by atoms with van der Waals surface area (Å²) in [6, 6.07) is 7.83. The first-order chi connectivity index (χ1) is 6.86. The van der Waals surface area contributed by atoms with Gasteiger partial charge in [-0.1, -0.05) is 6.07 Å². The van der Waals surface area contributed by atoms with Gasteiger partial charge in [-0.3, -0.25) is 0 Å². The van der Waals surface area contributed by atoms with Crippen LogP contribution in [0.3, 0.4) is 0 Å². The third kappa shape index (κ3) is 2.33. The highest BCUT2D eigenvalue weighted by atomic mass is 79.9. The second-order valence-corrected chi connectivity index (χ2v) is 4.54. The van der Waals surface area contributed by atoms with E-state index in [0.717, 1.165) is 4.47 Å². The summed E-state index contributed by atoms with van der Waals surface area (Å²) < 4.78 is 6.42. The Bertz CT molecular complexity index is 402. The van der Waals surface area contributed by atoms with Crippen LogP contribution in [0.2, 0.25) is 0 Å². The van der Waals surface area contributed by atoms with Crippen molar-refractivity contribution in [3.05, 3.63) is 45.2 Å². The van der Waals surface area contributed by atoms with Gasteiger partial charge in [0.05, 0.1) is 4.47 Å². The fourth-order valence-corrected chi connectivity index (χ4v) is 2.00. The van der Waals surface area contributed by atoms with Crippen molar-refractivity contribution in [2.24, 2.45) is 0 Å². The summed E-state index contributed by atoms with van der Waals surface area (Å²) in [4.78, 5) is 5.31. The number of aromatic nitrogens is 1. The minimum atomic E-state index is 0.577. The van der Waals surface area contributed by atoms with Gasteiger partial charge in [-0.25, -0.2) is 4.98 Å². The van der Waals surface area contributed by atoms with E-state index in [9.17, 15) is 0 Å². The Morgan fingerprint density at radius 2 is 2.29 bits per heavy atom. The fourth-order valence-electron chi connectivity index (χ4n) is 1.01. The van der Waals surface area contributed by atoms with Crippen molar-refractivity contribution in [1.29, 1.82) is 0 Å². The Labute approximate surface area is 94.7 Å². The van der Waals surface area contributed by atoms with E-state index in [2.05, 4.69) is 20.9 Å². The molecule has 0 aliphatic heterocycles. The van der Waals surface area contributed by atoms with Gasteiger partial charge < -0.3 is 4.74 Å². The van der Waals surface area contributed by atoms with E-state index in [4.69, 9.17) is 4.74 Å². The standard InChI is InChI=1S/C10H8BrNOS/c11-9-4-1-5-12-10(9)13-7-8-3-2-6-14-8/h1-6H,7H2. The zero-order valence-corrected chi connectivity index (χ0v) is 9.72. The van der Waals surface area contributed by atoms with Crippen LogP contribution in [0.1, 0.15) is 4.88 Å². The summed E-state index contributed by atoms with van der Waals surface area (Å²) in [7, 11) is 0. The monoisotopic (exact) mass is 269 g/mol. The maximum atomic E-state index is 5.53. The van der Waals surface area contributed by atoms with E-state index in [1.807, 2.05) is 29.6 Å². The number of ether oxygens (including phenoxy) is 1. The van der Waals surface area contributed by atoms with Gasteiger partial charge in [0.1, 0.15) is 6.61 Å². The fraction of sp³-hybridized carbons (Fsp3) is 0.100. The maximum absolute atomic E-state index is 5.53. The van der Waals surface area contributed by atoms with Gasteiger partial charge in [0.25, 0.3) is 0 Å². The van der Waals surface area contributed by atoms with Gasteiger partial charge >= 0.3 is 0 Å². The Morgan fingerprint density at radius 3 is 3.00 bits per heavy atom. The molecule has 2 aromatic heterocycles. The van der Waals surface area contributed by atoms with Crippen LogP contribution in [0.15, 0.2) is 40.3 Å². The molecule has 4 heteroatoms. The lowest BCUT2D eigenvalue weighted by Gasteiger charge is -2.04. The highest BCUT2D eigenvalue weighted by molar-refractivity contribution is 9.10. The smallest absolute Gasteiger partial charge is 0.228 e. The molecule has 0 amide bonds. The Morgan fingerprint density at radius 1 is 1.36 bits per heavy atom. The molecule has 0 aliphatic rings. The predicted molar refractivity (Wildman–Crippen MR) is 60.6 cm³/mol. The molecule has 0 radical (unpaired) electrons. The average molecular weight is 270 g/mol. The minimum absolute atomic E-state index is 0.577. The van der Waals surface area contributed by atoms with Crippen molar-refractivity contribution in [2.75, 3.05) is 0 Å². The Hall–Kier alpha value is -0.870. The summed E-state index contributed by atoms with van der Waals surface area (Å²) in [5.74, 6) is 0.640. The van der Waals surface area contributed by atoms with Crippen LogP contribution in [0.25, 0.3) is 0 Å². The second-order valence-electron chi connectivity index (χ2n) is 2.66. The number of hydrogen-bond acceptors (Lipinski definition) is 3. The molecular formula is C10H8BrNOS. The number of thiophene rings is 1. The van der Waals surface area contributed by atoms with Gasteiger partial charge in [0.15, 0.2) is 0 Å². The van der Waals surface area contributed by atoms with E-state index in [1.54, 1.807) is 17.5 Å². The molecule has 72 valence electrons. The second kappa shape index (κ2) is 4.57. The predicted octanol–water partition coefficient (Wildman–Crippen LogP) is 3.48. The molecule has 0 unspecified atom stereocenters. The summed E-state index contributed by atoms with van der Waals surface area (Å²) >= 11 is 5.06. The number of hydrogen-bond donors (Lipinski definition) is 0. The first kappa shape index (κ1) is 9.68. The van der Waals surface area contributed by atoms with E-state index >= 15 is 0 Å².